The summed E-state index contributed by atoms with van der Waals surface area (Å²) in [6.45, 7) is 6.27. The molecule has 0 aromatic heterocycles. The number of likely N-dealkylation sites (tertiary alicyclic amines) is 1. The fourth-order valence-electron chi connectivity index (χ4n) is 3.59. The number of amides is 1. The fraction of sp³-hybridized carbons (Fsp3) is 0.333. The van der Waals surface area contributed by atoms with Gasteiger partial charge in [0.2, 0.25) is 0 Å². The standard InChI is InChI=1S/C24H26ClNO4/c1-4-5-14-26-21(18-8-6-7-9-19(18)30-15(2)3)20(23(28)24(26)29)22(27)16-10-12-17(25)13-11-16/h6-13,15,21,27H,4-5,14H2,1-3H3/b22-20-. The predicted molar refractivity (Wildman–Crippen MR) is 118 cm³/mol. The Bertz CT molecular complexity index is 965. The zero-order valence-electron chi connectivity index (χ0n) is 17.4. The average molecular weight is 428 g/mol. The third kappa shape index (κ3) is 4.36. The molecular formula is C24H26ClNO4. The van der Waals surface area contributed by atoms with E-state index in [0.717, 1.165) is 12.8 Å². The molecule has 5 nitrogen and oxygen atoms in total. The normalized spacial score (nSPS) is 18.3. The number of ether oxygens (including phenoxy) is 1. The number of unbranched alkanes of at least 4 members (excludes halogenated alkanes) is 1. The van der Waals surface area contributed by atoms with Crippen molar-refractivity contribution in [2.45, 2.75) is 45.8 Å². The second-order valence-electron chi connectivity index (χ2n) is 7.56. The first-order valence-electron chi connectivity index (χ1n) is 10.1. The van der Waals surface area contributed by atoms with Gasteiger partial charge in [-0.2, -0.15) is 0 Å². The van der Waals surface area contributed by atoms with Crippen molar-refractivity contribution in [2.24, 2.45) is 0 Å². The highest BCUT2D eigenvalue weighted by Crippen LogP contribution is 2.43. The van der Waals surface area contributed by atoms with Crippen molar-refractivity contribution in [3.05, 3.63) is 70.3 Å². The summed E-state index contributed by atoms with van der Waals surface area (Å²) in [5, 5.41) is 11.6. The van der Waals surface area contributed by atoms with Crippen LogP contribution in [0.5, 0.6) is 5.75 Å². The molecule has 2 aromatic rings. The van der Waals surface area contributed by atoms with Crippen LogP contribution >= 0.6 is 11.6 Å². The van der Waals surface area contributed by atoms with Crippen molar-refractivity contribution in [1.82, 2.24) is 4.90 Å². The van der Waals surface area contributed by atoms with Gasteiger partial charge in [-0.05, 0) is 50.6 Å². The average Bonchev–Trinajstić information content (AvgIpc) is 2.97. The van der Waals surface area contributed by atoms with Crippen LogP contribution in [-0.4, -0.2) is 34.3 Å². The molecule has 1 amide bonds. The molecular weight excluding hydrogens is 402 g/mol. The van der Waals surface area contributed by atoms with Crippen molar-refractivity contribution in [1.29, 1.82) is 0 Å². The number of benzene rings is 2. The minimum absolute atomic E-state index is 0.0678. The summed E-state index contributed by atoms with van der Waals surface area (Å²) in [5.74, 6) is -0.928. The van der Waals surface area contributed by atoms with E-state index in [1.165, 1.54) is 4.90 Å². The molecule has 6 heteroatoms. The number of Topliss-reactive ketones (excluding diaryl/α,β-unsaturated/α-hetero) is 1. The molecule has 1 aliphatic heterocycles. The lowest BCUT2D eigenvalue weighted by atomic mass is 9.94. The minimum Gasteiger partial charge on any atom is -0.507 e. The van der Waals surface area contributed by atoms with Gasteiger partial charge in [0.15, 0.2) is 0 Å². The molecule has 30 heavy (non-hydrogen) atoms. The lowest BCUT2D eigenvalue weighted by Crippen LogP contribution is -2.31. The number of hydrogen-bond donors (Lipinski definition) is 1. The second-order valence-corrected chi connectivity index (χ2v) is 7.99. The van der Waals surface area contributed by atoms with Gasteiger partial charge in [-0.25, -0.2) is 0 Å². The summed E-state index contributed by atoms with van der Waals surface area (Å²) in [6, 6.07) is 13.1. The van der Waals surface area contributed by atoms with Gasteiger partial charge in [0, 0.05) is 22.7 Å². The number of aliphatic hydroxyl groups excluding tert-OH is 1. The Morgan fingerprint density at radius 3 is 2.43 bits per heavy atom. The number of hydrogen-bond acceptors (Lipinski definition) is 4. The van der Waals surface area contributed by atoms with Crippen molar-refractivity contribution >= 4 is 29.1 Å². The van der Waals surface area contributed by atoms with E-state index in [2.05, 4.69) is 0 Å². The second kappa shape index (κ2) is 9.35. The Kier molecular flexibility index (Phi) is 6.83. The van der Waals surface area contributed by atoms with Crippen molar-refractivity contribution in [2.75, 3.05) is 6.54 Å². The van der Waals surface area contributed by atoms with Crippen LogP contribution in [0.3, 0.4) is 0 Å². The quantitative estimate of drug-likeness (QED) is 0.367. The first-order chi connectivity index (χ1) is 14.3. The van der Waals surface area contributed by atoms with Crippen LogP contribution in [-0.2, 0) is 9.59 Å². The van der Waals surface area contributed by atoms with E-state index in [1.807, 2.05) is 45.0 Å². The van der Waals surface area contributed by atoms with Crippen molar-refractivity contribution in [3.63, 3.8) is 0 Å². The highest BCUT2D eigenvalue weighted by Gasteiger charge is 2.46. The maximum absolute atomic E-state index is 13.0. The molecule has 158 valence electrons. The zero-order chi connectivity index (χ0) is 21.8. The third-order valence-electron chi connectivity index (χ3n) is 4.99. The van der Waals surface area contributed by atoms with Crippen LogP contribution in [0.2, 0.25) is 5.02 Å². The lowest BCUT2D eigenvalue weighted by molar-refractivity contribution is -0.139. The summed E-state index contributed by atoms with van der Waals surface area (Å²) < 4.78 is 5.96. The summed E-state index contributed by atoms with van der Waals surface area (Å²) in [4.78, 5) is 27.4. The van der Waals surface area contributed by atoms with Gasteiger partial charge >= 0.3 is 0 Å². The molecule has 3 rings (SSSR count). The number of aliphatic hydroxyl groups is 1. The first kappa shape index (κ1) is 21.9. The van der Waals surface area contributed by atoms with Crippen LogP contribution in [0.4, 0.5) is 0 Å². The van der Waals surface area contributed by atoms with Gasteiger partial charge < -0.3 is 14.7 Å². The summed E-state index contributed by atoms with van der Waals surface area (Å²) in [5.41, 5.74) is 1.18. The zero-order valence-corrected chi connectivity index (χ0v) is 18.1. The van der Waals surface area contributed by atoms with Gasteiger partial charge in [-0.15, -0.1) is 0 Å². The number of rotatable bonds is 7. The Labute approximate surface area is 181 Å². The molecule has 0 radical (unpaired) electrons. The topological polar surface area (TPSA) is 66.8 Å². The van der Waals surface area contributed by atoms with Gasteiger partial charge in [-0.3, -0.25) is 9.59 Å². The fourth-order valence-corrected chi connectivity index (χ4v) is 3.72. The maximum atomic E-state index is 13.0. The van der Waals surface area contributed by atoms with Crippen LogP contribution < -0.4 is 4.74 Å². The lowest BCUT2D eigenvalue weighted by Gasteiger charge is -2.27. The van der Waals surface area contributed by atoms with E-state index in [9.17, 15) is 14.7 Å². The molecule has 1 N–H and O–H groups in total. The Hall–Kier alpha value is -2.79. The SMILES string of the molecule is CCCCN1C(=O)C(=O)/C(=C(\O)c2ccc(Cl)cc2)C1c1ccccc1OC(C)C. The number of carbonyl (C=O) groups is 2. The molecule has 1 atom stereocenters. The number of carbonyl (C=O) groups excluding carboxylic acids is 2. The van der Waals surface area contributed by atoms with Crippen molar-refractivity contribution in [3.8, 4) is 5.75 Å². The van der Waals surface area contributed by atoms with Crippen LogP contribution in [0.25, 0.3) is 5.76 Å². The molecule has 0 bridgehead atoms. The number of para-hydroxylation sites is 1. The molecule has 1 aliphatic rings. The summed E-state index contributed by atoms with van der Waals surface area (Å²) >= 11 is 5.96. The molecule has 1 saturated heterocycles. The Balaban J connectivity index is 2.19. The Morgan fingerprint density at radius 2 is 1.80 bits per heavy atom. The molecule has 0 spiro atoms. The van der Waals surface area contributed by atoms with E-state index in [4.69, 9.17) is 16.3 Å². The Morgan fingerprint density at radius 1 is 1.13 bits per heavy atom. The molecule has 1 heterocycles. The smallest absolute Gasteiger partial charge is 0.295 e. The van der Waals surface area contributed by atoms with E-state index < -0.39 is 17.7 Å². The number of nitrogens with zero attached hydrogens (tertiary/aromatic N) is 1. The van der Waals surface area contributed by atoms with Gasteiger partial charge in [0.25, 0.3) is 11.7 Å². The van der Waals surface area contributed by atoms with E-state index >= 15 is 0 Å². The van der Waals surface area contributed by atoms with Crippen LogP contribution in [0.1, 0.15) is 50.8 Å². The number of ketones is 1. The highest BCUT2D eigenvalue weighted by atomic mass is 35.5. The largest absolute Gasteiger partial charge is 0.507 e. The predicted octanol–water partition coefficient (Wildman–Crippen LogP) is 5.35. The monoisotopic (exact) mass is 427 g/mol. The first-order valence-corrected chi connectivity index (χ1v) is 10.5. The van der Waals surface area contributed by atoms with Crippen LogP contribution in [0.15, 0.2) is 54.1 Å². The van der Waals surface area contributed by atoms with Gasteiger partial charge in [0.05, 0.1) is 17.7 Å². The minimum atomic E-state index is -0.720. The summed E-state index contributed by atoms with van der Waals surface area (Å²) in [6.07, 6.45) is 1.54. The molecule has 0 aliphatic carbocycles. The van der Waals surface area contributed by atoms with E-state index in [0.29, 0.717) is 28.4 Å². The molecule has 2 aromatic carbocycles. The maximum Gasteiger partial charge on any atom is 0.295 e. The summed E-state index contributed by atoms with van der Waals surface area (Å²) in [7, 11) is 0. The van der Waals surface area contributed by atoms with Crippen LogP contribution in [0, 0.1) is 0 Å². The molecule has 0 saturated carbocycles. The molecule has 1 fully saturated rings. The van der Waals surface area contributed by atoms with Gasteiger partial charge in [0.1, 0.15) is 11.5 Å². The highest BCUT2D eigenvalue weighted by molar-refractivity contribution is 6.46. The van der Waals surface area contributed by atoms with E-state index in [1.54, 1.807) is 24.3 Å². The number of halogens is 1. The molecule has 1 unspecified atom stereocenters. The third-order valence-corrected chi connectivity index (χ3v) is 5.24. The van der Waals surface area contributed by atoms with Gasteiger partial charge in [-0.1, -0.05) is 43.1 Å². The van der Waals surface area contributed by atoms with Crippen molar-refractivity contribution < 1.29 is 19.4 Å². The van der Waals surface area contributed by atoms with E-state index in [-0.39, 0.29) is 17.4 Å².